The van der Waals surface area contributed by atoms with Crippen LogP contribution in [0.1, 0.15) is 27.7 Å². The molecule has 15 heteroatoms. The Kier molecular flexibility index (Phi) is 23.6. The Morgan fingerprint density at radius 2 is 0.720 bits per heavy atom. The molecule has 0 unspecified atom stereocenters. The average molecular weight is 1020 g/mol. The number of phenols is 1. The van der Waals surface area contributed by atoms with Gasteiger partial charge < -0.3 is 53.6 Å². The van der Waals surface area contributed by atoms with E-state index in [-0.39, 0.29) is 64.2 Å². The van der Waals surface area contributed by atoms with Crippen molar-refractivity contribution in [3.8, 4) is 79.0 Å². The summed E-state index contributed by atoms with van der Waals surface area (Å²) < 4.78 is 38.3. The number of hydrogen-bond donors (Lipinski definition) is 4. The average Bonchev–Trinajstić information content (AvgIpc) is 3.40. The lowest BCUT2D eigenvalue weighted by Gasteiger charge is -2.14. The van der Waals surface area contributed by atoms with E-state index in [1.54, 1.807) is 57.2 Å². The number of aromatic hydroxyl groups is 1. The van der Waals surface area contributed by atoms with Crippen LogP contribution in [0.2, 0.25) is 0 Å². The fraction of sp³-hybridized carbons (Fsp3) is 0.200. The summed E-state index contributed by atoms with van der Waals surface area (Å²) in [6.45, 7) is 20.7. The molecule has 0 bridgehead atoms. The third kappa shape index (κ3) is 20.3. The second kappa shape index (κ2) is 30.2. The molecule has 0 aromatic heterocycles. The minimum atomic E-state index is -0.935. The van der Waals surface area contributed by atoms with Crippen molar-refractivity contribution in [1.29, 1.82) is 0 Å². The molecule has 4 N–H and O–H groups in total. The van der Waals surface area contributed by atoms with Gasteiger partial charge in [0.15, 0.2) is 0 Å². The number of ether oxygens (including phenoxy) is 7. The van der Waals surface area contributed by atoms with Gasteiger partial charge in [0.2, 0.25) is 0 Å². The van der Waals surface area contributed by atoms with Crippen molar-refractivity contribution in [2.24, 2.45) is 0 Å². The lowest BCUT2D eigenvalue weighted by molar-refractivity contribution is -0.140. The summed E-state index contributed by atoms with van der Waals surface area (Å²) in [5, 5.41) is 35.4. The predicted molar refractivity (Wildman–Crippen MR) is 287 cm³/mol. The van der Waals surface area contributed by atoms with E-state index in [1.165, 1.54) is 6.92 Å². The summed E-state index contributed by atoms with van der Waals surface area (Å²) in [5.74, 6) is 0.450. The molecule has 0 aliphatic heterocycles. The number of aliphatic carboxylic acids is 1. The molecule has 0 saturated heterocycles. The molecule has 0 heterocycles. The first-order valence-corrected chi connectivity index (χ1v) is 23.4. The van der Waals surface area contributed by atoms with Crippen LogP contribution in [0.3, 0.4) is 0 Å². The van der Waals surface area contributed by atoms with Crippen LogP contribution < -0.4 is 23.7 Å². The maximum atomic E-state index is 11.8. The SMILES string of the molecule is C=C(C)C(=O)O.C=C(C)C(=O)OCCOc1cc(OCCOC(=O)C(=C)C)cc(-c2cccc(-c3ccc(OC(=O)C(=C)C)cc3)c2)c1.OCCOc1cc(OCCO)cc(-c2cccc(-c3ccc(O)cc3)c2)c1. The van der Waals surface area contributed by atoms with Crippen molar-refractivity contribution < 1.29 is 72.8 Å². The minimum Gasteiger partial charge on any atom is -0.508 e. The van der Waals surface area contributed by atoms with Gasteiger partial charge in [0.1, 0.15) is 74.1 Å². The van der Waals surface area contributed by atoms with Gasteiger partial charge in [-0.2, -0.15) is 0 Å². The molecule has 6 aromatic rings. The van der Waals surface area contributed by atoms with Crippen LogP contribution in [0.15, 0.2) is 182 Å². The Labute approximate surface area is 436 Å². The number of phenolic OH excluding ortho intramolecular Hbond substituents is 1. The highest BCUT2D eigenvalue weighted by molar-refractivity contribution is 5.89. The smallest absolute Gasteiger partial charge is 0.338 e. The Morgan fingerprint density at radius 3 is 1.05 bits per heavy atom. The summed E-state index contributed by atoms with van der Waals surface area (Å²) in [4.78, 5) is 44.7. The van der Waals surface area contributed by atoms with E-state index in [9.17, 15) is 24.3 Å². The zero-order valence-corrected chi connectivity index (χ0v) is 42.5. The number of aliphatic hydroxyl groups excluding tert-OH is 2. The van der Waals surface area contributed by atoms with E-state index in [0.717, 1.165) is 44.5 Å². The van der Waals surface area contributed by atoms with Crippen molar-refractivity contribution in [2.75, 3.05) is 52.9 Å². The first-order chi connectivity index (χ1) is 35.9. The van der Waals surface area contributed by atoms with Gasteiger partial charge in [-0.3, -0.25) is 0 Å². The number of benzene rings is 6. The summed E-state index contributed by atoms with van der Waals surface area (Å²) in [5.41, 5.74) is 8.58. The summed E-state index contributed by atoms with van der Waals surface area (Å²) in [6, 6.07) is 41.1. The molecule has 0 fully saturated rings. The molecule has 0 spiro atoms. The second-order valence-electron chi connectivity index (χ2n) is 16.5. The Hall–Kier alpha value is -8.92. The number of rotatable bonds is 23. The molecule has 0 aliphatic carbocycles. The zero-order chi connectivity index (χ0) is 54.9. The topological polar surface area (TPSA) is 214 Å². The lowest BCUT2D eigenvalue weighted by atomic mass is 9.98. The number of carbonyl (C=O) groups excluding carboxylic acids is 3. The highest BCUT2D eigenvalue weighted by Crippen LogP contribution is 2.35. The molecular weight excluding hydrogens is 961 g/mol. The normalized spacial score (nSPS) is 10.2. The van der Waals surface area contributed by atoms with Gasteiger partial charge in [0.25, 0.3) is 0 Å². The lowest BCUT2D eigenvalue weighted by Crippen LogP contribution is -2.13. The van der Waals surface area contributed by atoms with Crippen molar-refractivity contribution in [3.63, 3.8) is 0 Å². The van der Waals surface area contributed by atoms with Crippen molar-refractivity contribution in [3.05, 3.63) is 182 Å². The number of esters is 3. The van der Waals surface area contributed by atoms with Gasteiger partial charge in [-0.1, -0.05) is 87.0 Å². The van der Waals surface area contributed by atoms with Crippen molar-refractivity contribution >= 4 is 23.9 Å². The zero-order valence-electron chi connectivity index (χ0n) is 42.5. The van der Waals surface area contributed by atoms with Crippen LogP contribution >= 0.6 is 0 Å². The van der Waals surface area contributed by atoms with Crippen LogP contribution in [0.4, 0.5) is 0 Å². The number of carboxylic acid groups (broad SMARTS) is 1. The van der Waals surface area contributed by atoms with Crippen LogP contribution in [0, 0.1) is 0 Å². The van der Waals surface area contributed by atoms with Gasteiger partial charge in [-0.15, -0.1) is 0 Å². The monoisotopic (exact) mass is 1020 g/mol. The predicted octanol–water partition coefficient (Wildman–Crippen LogP) is 10.6. The molecule has 0 radical (unpaired) electrons. The third-order valence-corrected chi connectivity index (χ3v) is 10.1. The number of carboxylic acids is 1. The number of hydrogen-bond acceptors (Lipinski definition) is 14. The van der Waals surface area contributed by atoms with Crippen molar-refractivity contribution in [1.82, 2.24) is 0 Å². The molecule has 6 rings (SSSR count). The standard InChI is InChI=1S/C34H34O8.C22H22O5.C4H6O2/c1-22(2)32(35)40-16-14-38-30-19-28(20-31(21-30)39-15-17-41-33(36)23(3)4)27-9-7-8-26(18-27)25-10-12-29(13-11-25)42-34(37)24(5)6;23-8-10-26-21-13-19(14-22(15-21)27-11-9-24)18-3-1-2-17(12-18)16-4-6-20(25)7-5-16;1-3(2)4(5)6/h7-13,18-21H,1,3,5,14-17H2,2,4,6H3;1-7,12-15,23-25H,8-11H2;1H2,2H3,(H,5,6). The molecular formula is C60H62O15. The van der Waals surface area contributed by atoms with Crippen LogP contribution in [0.5, 0.6) is 34.5 Å². The minimum absolute atomic E-state index is 0.0517. The largest absolute Gasteiger partial charge is 0.508 e. The van der Waals surface area contributed by atoms with Crippen LogP contribution in [-0.4, -0.2) is 97.2 Å². The Bertz CT molecular complexity index is 2850. The summed E-state index contributed by atoms with van der Waals surface area (Å²) in [6.07, 6.45) is 0. The van der Waals surface area contributed by atoms with Crippen molar-refractivity contribution in [2.45, 2.75) is 27.7 Å². The Balaban J connectivity index is 0.000000314. The highest BCUT2D eigenvalue weighted by Gasteiger charge is 2.12. The molecule has 392 valence electrons. The fourth-order valence-electron chi connectivity index (χ4n) is 6.29. The van der Waals surface area contributed by atoms with E-state index in [2.05, 4.69) is 26.3 Å². The van der Waals surface area contributed by atoms with Gasteiger partial charge in [0, 0.05) is 34.4 Å². The van der Waals surface area contributed by atoms with Gasteiger partial charge in [0.05, 0.1) is 13.2 Å². The molecule has 15 nitrogen and oxygen atoms in total. The summed E-state index contributed by atoms with van der Waals surface area (Å²) >= 11 is 0. The Morgan fingerprint density at radius 1 is 0.387 bits per heavy atom. The van der Waals surface area contributed by atoms with E-state index in [4.69, 9.17) is 48.5 Å². The fourth-order valence-corrected chi connectivity index (χ4v) is 6.29. The quantitative estimate of drug-likeness (QED) is 0.0203. The molecule has 0 aliphatic rings. The molecule has 0 saturated carbocycles. The number of carbonyl (C=O) groups is 4. The van der Waals surface area contributed by atoms with Gasteiger partial charge in [-0.05, 0) is 133 Å². The molecule has 6 aromatic carbocycles. The van der Waals surface area contributed by atoms with Gasteiger partial charge in [-0.25, -0.2) is 19.2 Å². The summed E-state index contributed by atoms with van der Waals surface area (Å²) in [7, 11) is 0. The third-order valence-electron chi connectivity index (χ3n) is 10.1. The second-order valence-corrected chi connectivity index (χ2v) is 16.5. The first-order valence-electron chi connectivity index (χ1n) is 23.4. The van der Waals surface area contributed by atoms with E-state index in [0.29, 0.717) is 45.5 Å². The van der Waals surface area contributed by atoms with Crippen LogP contribution in [0.25, 0.3) is 44.5 Å². The number of aliphatic hydroxyl groups is 2. The molecule has 0 atom stereocenters. The molecule has 75 heavy (non-hydrogen) atoms. The van der Waals surface area contributed by atoms with E-state index in [1.807, 2.05) is 97.1 Å². The molecule has 0 amide bonds. The maximum absolute atomic E-state index is 11.8. The first kappa shape index (κ1) is 58.6. The van der Waals surface area contributed by atoms with E-state index < -0.39 is 23.9 Å². The maximum Gasteiger partial charge on any atom is 0.338 e. The highest BCUT2D eigenvalue weighted by atomic mass is 16.6. The van der Waals surface area contributed by atoms with Gasteiger partial charge >= 0.3 is 23.9 Å². The van der Waals surface area contributed by atoms with E-state index >= 15 is 0 Å². The van der Waals surface area contributed by atoms with Crippen LogP contribution in [-0.2, 0) is 28.7 Å².